The van der Waals surface area contributed by atoms with E-state index in [9.17, 15) is 13.2 Å². The summed E-state index contributed by atoms with van der Waals surface area (Å²) in [6, 6.07) is 3.99. The maximum absolute atomic E-state index is 13.3. The van der Waals surface area contributed by atoms with Gasteiger partial charge in [-0.2, -0.15) is 17.9 Å². The molecule has 5 nitrogen and oxygen atoms in total. The van der Waals surface area contributed by atoms with E-state index in [0.29, 0.717) is 11.3 Å². The number of hydrogen-bond donors (Lipinski definition) is 0. The van der Waals surface area contributed by atoms with Crippen LogP contribution in [0.3, 0.4) is 0 Å². The molecule has 3 heterocycles. The molecule has 0 bridgehead atoms. The van der Waals surface area contributed by atoms with E-state index in [0.717, 1.165) is 50.1 Å². The van der Waals surface area contributed by atoms with Crippen molar-refractivity contribution in [3.05, 3.63) is 41.6 Å². The van der Waals surface area contributed by atoms with E-state index in [1.165, 1.54) is 6.07 Å². The lowest BCUT2D eigenvalue weighted by molar-refractivity contribution is -0.137. The van der Waals surface area contributed by atoms with E-state index in [1.54, 1.807) is 16.9 Å². The van der Waals surface area contributed by atoms with Gasteiger partial charge in [0.05, 0.1) is 17.5 Å². The van der Waals surface area contributed by atoms with Gasteiger partial charge in [-0.3, -0.25) is 0 Å². The van der Waals surface area contributed by atoms with Gasteiger partial charge < -0.3 is 9.80 Å². The lowest BCUT2D eigenvalue weighted by atomic mass is 9.89. The highest BCUT2D eigenvalue weighted by atomic mass is 19.4. The first-order chi connectivity index (χ1) is 12.8. The number of likely N-dealkylation sites (N-methyl/N-ethyl adjacent to an activating group) is 1. The molecule has 1 atom stereocenters. The molecule has 0 aliphatic carbocycles. The summed E-state index contributed by atoms with van der Waals surface area (Å²) in [5.74, 6) is 1.01. The van der Waals surface area contributed by atoms with Crippen molar-refractivity contribution >= 4 is 5.82 Å². The third kappa shape index (κ3) is 3.34. The second-order valence-corrected chi connectivity index (χ2v) is 7.32. The van der Waals surface area contributed by atoms with Gasteiger partial charge in [-0.1, -0.05) is 18.2 Å². The van der Waals surface area contributed by atoms with Gasteiger partial charge in [-0.25, -0.2) is 0 Å². The predicted molar refractivity (Wildman–Crippen MR) is 96.8 cm³/mol. The Hall–Kier alpha value is -2.35. The number of piperazine rings is 1. The number of halogens is 3. The Morgan fingerprint density at radius 3 is 2.56 bits per heavy atom. The van der Waals surface area contributed by atoms with Gasteiger partial charge in [-0.15, -0.1) is 5.10 Å². The Kier molecular flexibility index (Phi) is 4.46. The minimum absolute atomic E-state index is 0.105. The van der Waals surface area contributed by atoms with Gasteiger partial charge in [0.2, 0.25) is 0 Å². The highest BCUT2D eigenvalue weighted by Gasteiger charge is 2.33. The van der Waals surface area contributed by atoms with E-state index >= 15 is 0 Å². The van der Waals surface area contributed by atoms with E-state index in [-0.39, 0.29) is 5.92 Å². The second-order valence-electron chi connectivity index (χ2n) is 7.32. The summed E-state index contributed by atoms with van der Waals surface area (Å²) >= 11 is 0. The fourth-order valence-electron chi connectivity index (χ4n) is 3.77. The molecule has 0 radical (unpaired) electrons. The number of nitrogens with zero attached hydrogens (tertiary/aromatic N) is 5. The van der Waals surface area contributed by atoms with Crippen LogP contribution < -0.4 is 0 Å². The zero-order chi connectivity index (χ0) is 19.2. The highest BCUT2D eigenvalue weighted by Crippen LogP contribution is 2.39. The summed E-state index contributed by atoms with van der Waals surface area (Å²) in [6.45, 7) is 5.62. The van der Waals surface area contributed by atoms with Crippen LogP contribution in [-0.2, 0) is 6.18 Å². The van der Waals surface area contributed by atoms with E-state index in [2.05, 4.69) is 33.2 Å². The van der Waals surface area contributed by atoms with E-state index in [1.807, 2.05) is 6.92 Å². The number of hydrogen-bond acceptors (Lipinski definition) is 4. The first-order valence-electron chi connectivity index (χ1n) is 9.11. The van der Waals surface area contributed by atoms with Crippen LogP contribution in [0.5, 0.6) is 0 Å². The van der Waals surface area contributed by atoms with Crippen molar-refractivity contribution in [2.24, 2.45) is 0 Å². The van der Waals surface area contributed by atoms with Gasteiger partial charge in [0.15, 0.2) is 0 Å². The van der Waals surface area contributed by atoms with E-state index in [4.69, 9.17) is 0 Å². The van der Waals surface area contributed by atoms with Crippen molar-refractivity contribution in [1.82, 2.24) is 24.8 Å². The number of rotatable bonds is 1. The molecule has 1 unspecified atom stereocenters. The highest BCUT2D eigenvalue weighted by molar-refractivity contribution is 5.69. The van der Waals surface area contributed by atoms with Crippen LogP contribution in [0, 0.1) is 0 Å². The standard InChI is InChI=1S/C19H22F3N5/c1-13-3-6-18(26-9-7-25(2)8-10-26)27-17(12-23-24-27)16-11-14(19(20,21)22)4-5-15(13)16/h4-6,11-13H,3,7-10H2,1-2H3. The summed E-state index contributed by atoms with van der Waals surface area (Å²) in [6.07, 6.45) is 0.0457. The molecule has 4 rings (SSSR count). The Morgan fingerprint density at radius 1 is 1.11 bits per heavy atom. The quantitative estimate of drug-likeness (QED) is 0.762. The van der Waals surface area contributed by atoms with Gasteiger partial charge in [0.1, 0.15) is 5.82 Å². The number of aromatic nitrogens is 3. The van der Waals surface area contributed by atoms with Crippen LogP contribution in [0.15, 0.2) is 30.5 Å². The minimum Gasteiger partial charge on any atom is -0.354 e. The third-order valence-corrected chi connectivity index (χ3v) is 5.44. The first kappa shape index (κ1) is 18.0. The molecule has 27 heavy (non-hydrogen) atoms. The molecule has 1 aromatic heterocycles. The molecule has 0 saturated carbocycles. The van der Waals surface area contributed by atoms with Gasteiger partial charge in [0.25, 0.3) is 0 Å². The van der Waals surface area contributed by atoms with Crippen molar-refractivity contribution in [2.45, 2.75) is 25.4 Å². The monoisotopic (exact) mass is 377 g/mol. The van der Waals surface area contributed by atoms with Crippen LogP contribution in [0.25, 0.3) is 17.1 Å². The maximum Gasteiger partial charge on any atom is 0.416 e. The van der Waals surface area contributed by atoms with Crippen molar-refractivity contribution < 1.29 is 13.2 Å². The molecule has 8 heteroatoms. The third-order valence-electron chi connectivity index (χ3n) is 5.44. The molecule has 0 spiro atoms. The zero-order valence-electron chi connectivity index (χ0n) is 15.4. The van der Waals surface area contributed by atoms with Crippen molar-refractivity contribution in [3.63, 3.8) is 0 Å². The molecule has 1 saturated heterocycles. The summed E-state index contributed by atoms with van der Waals surface area (Å²) in [5, 5.41) is 8.23. The SMILES string of the molecule is CC1CC=C(N2CCN(C)CC2)n2nncc2-c2cc(C(F)(F)F)ccc21. The normalized spacial score (nSPS) is 21.1. The predicted octanol–water partition coefficient (Wildman–Crippen LogP) is 3.52. The molecule has 0 N–H and O–H groups in total. The fraction of sp³-hybridized carbons (Fsp3) is 0.474. The Labute approximate surface area is 156 Å². The van der Waals surface area contributed by atoms with Gasteiger partial charge in [0, 0.05) is 31.7 Å². The summed E-state index contributed by atoms with van der Waals surface area (Å²) in [7, 11) is 2.09. The Morgan fingerprint density at radius 2 is 1.85 bits per heavy atom. The van der Waals surface area contributed by atoms with E-state index < -0.39 is 11.7 Å². The smallest absolute Gasteiger partial charge is 0.354 e. The molecule has 144 valence electrons. The summed E-state index contributed by atoms with van der Waals surface area (Å²) < 4.78 is 41.5. The van der Waals surface area contributed by atoms with Crippen LogP contribution >= 0.6 is 0 Å². The zero-order valence-corrected chi connectivity index (χ0v) is 15.4. The fourth-order valence-corrected chi connectivity index (χ4v) is 3.77. The second kappa shape index (κ2) is 6.67. The maximum atomic E-state index is 13.3. The number of benzene rings is 1. The number of allylic oxidation sites excluding steroid dienone is 1. The van der Waals surface area contributed by atoms with Crippen molar-refractivity contribution in [2.75, 3.05) is 33.2 Å². The molecule has 2 aliphatic rings. The minimum atomic E-state index is -4.38. The number of alkyl halides is 3. The summed E-state index contributed by atoms with van der Waals surface area (Å²) in [4.78, 5) is 4.50. The molecular formula is C19H22F3N5. The Bertz CT molecular complexity index is 862. The van der Waals surface area contributed by atoms with Crippen LogP contribution in [0.2, 0.25) is 0 Å². The molecule has 1 aromatic carbocycles. The molecule has 0 amide bonds. The average Bonchev–Trinajstić information content (AvgIpc) is 3.10. The lowest BCUT2D eigenvalue weighted by Crippen LogP contribution is -2.44. The van der Waals surface area contributed by atoms with Crippen LogP contribution in [0.1, 0.15) is 30.4 Å². The van der Waals surface area contributed by atoms with Crippen LogP contribution in [-0.4, -0.2) is 58.0 Å². The first-order valence-corrected chi connectivity index (χ1v) is 9.11. The Balaban J connectivity index is 1.81. The number of fused-ring (bicyclic) bond motifs is 3. The molecular weight excluding hydrogens is 355 g/mol. The summed E-state index contributed by atoms with van der Waals surface area (Å²) in [5.41, 5.74) is 1.40. The lowest BCUT2D eigenvalue weighted by Gasteiger charge is -2.36. The topological polar surface area (TPSA) is 37.2 Å². The van der Waals surface area contributed by atoms with Crippen LogP contribution in [0.4, 0.5) is 13.2 Å². The van der Waals surface area contributed by atoms with Gasteiger partial charge in [-0.05, 0) is 43.2 Å². The van der Waals surface area contributed by atoms with Gasteiger partial charge >= 0.3 is 6.18 Å². The van der Waals surface area contributed by atoms with Crippen molar-refractivity contribution in [3.8, 4) is 11.3 Å². The largest absolute Gasteiger partial charge is 0.416 e. The van der Waals surface area contributed by atoms with Crippen molar-refractivity contribution in [1.29, 1.82) is 0 Å². The molecule has 2 aliphatic heterocycles. The molecule has 2 aromatic rings. The molecule has 1 fully saturated rings. The average molecular weight is 377 g/mol.